The Morgan fingerprint density at radius 1 is 0.909 bits per heavy atom. The second kappa shape index (κ2) is 9.88. The van der Waals surface area contributed by atoms with E-state index in [9.17, 15) is 0 Å². The molecule has 0 aromatic carbocycles. The maximum atomic E-state index is 5.12. The van der Waals surface area contributed by atoms with Crippen molar-refractivity contribution < 1.29 is 14.2 Å². The molecule has 0 aliphatic carbocycles. The topological polar surface area (TPSA) is 27.7 Å². The minimum Gasteiger partial charge on any atom is -0.356 e. The number of rotatable bonds is 8. The molecule has 0 saturated carbocycles. The van der Waals surface area contributed by atoms with E-state index in [4.69, 9.17) is 14.2 Å². The van der Waals surface area contributed by atoms with E-state index in [1.165, 1.54) is 0 Å². The number of hydrogen-bond donors (Lipinski definition) is 0. The van der Waals surface area contributed by atoms with Crippen LogP contribution in [0.4, 0.5) is 0 Å². The Morgan fingerprint density at radius 3 is 2.27 bits per heavy atom. The smallest absolute Gasteiger partial charge is 0.149 e. The van der Waals surface area contributed by atoms with Crippen LogP contribution < -0.4 is 0 Å². The van der Waals surface area contributed by atoms with Crippen LogP contribution in [0.15, 0.2) is 0 Å². The molecular weight excluding hydrogens is 144 g/mol. The highest BCUT2D eigenvalue weighted by Crippen LogP contribution is 1.88. The standard InChI is InChI=1S/C8H18O3/c1-3-5-6-10-8-11-7-9-4-2/h3-8H2,1-2H3. The van der Waals surface area contributed by atoms with Crippen molar-refractivity contribution in [3.05, 3.63) is 0 Å². The van der Waals surface area contributed by atoms with E-state index in [2.05, 4.69) is 6.92 Å². The van der Waals surface area contributed by atoms with Crippen LogP contribution in [-0.2, 0) is 14.2 Å². The minimum atomic E-state index is 0.336. The van der Waals surface area contributed by atoms with Gasteiger partial charge in [-0.2, -0.15) is 0 Å². The van der Waals surface area contributed by atoms with Crippen LogP contribution in [0.2, 0.25) is 0 Å². The molecular formula is C8H18O3. The summed E-state index contributed by atoms with van der Waals surface area (Å²) in [4.78, 5) is 0. The quantitative estimate of drug-likeness (QED) is 0.402. The molecule has 0 heterocycles. The Bertz CT molecular complexity index is 58.4. The van der Waals surface area contributed by atoms with Crippen molar-refractivity contribution in [2.75, 3.05) is 26.8 Å². The minimum absolute atomic E-state index is 0.336. The fourth-order valence-corrected chi connectivity index (χ4v) is 0.541. The molecule has 0 rings (SSSR count). The molecule has 0 aromatic heterocycles. The highest BCUT2D eigenvalue weighted by Gasteiger charge is 1.86. The number of ether oxygens (including phenoxy) is 3. The van der Waals surface area contributed by atoms with Crippen molar-refractivity contribution in [1.29, 1.82) is 0 Å². The van der Waals surface area contributed by atoms with Gasteiger partial charge in [0, 0.05) is 13.2 Å². The van der Waals surface area contributed by atoms with E-state index in [0.717, 1.165) is 19.4 Å². The fraction of sp³-hybridized carbons (Fsp3) is 1.00. The lowest BCUT2D eigenvalue weighted by atomic mass is 10.4. The first-order chi connectivity index (χ1) is 5.41. The SMILES string of the molecule is CCCCOCOCOCC. The Hall–Kier alpha value is -0.120. The highest BCUT2D eigenvalue weighted by molar-refractivity contribution is 4.27. The number of unbranched alkanes of at least 4 members (excludes halogenated alkanes) is 1. The second-order valence-electron chi connectivity index (χ2n) is 2.19. The Kier molecular flexibility index (Phi) is 9.77. The molecule has 3 heteroatoms. The molecule has 0 aliphatic rings. The third-order valence-electron chi connectivity index (χ3n) is 1.18. The van der Waals surface area contributed by atoms with Gasteiger partial charge in [-0.1, -0.05) is 13.3 Å². The van der Waals surface area contributed by atoms with Gasteiger partial charge in [0.25, 0.3) is 0 Å². The van der Waals surface area contributed by atoms with E-state index >= 15 is 0 Å². The van der Waals surface area contributed by atoms with Crippen LogP contribution in [0.25, 0.3) is 0 Å². The highest BCUT2D eigenvalue weighted by atomic mass is 16.7. The van der Waals surface area contributed by atoms with Gasteiger partial charge in [-0.15, -0.1) is 0 Å². The van der Waals surface area contributed by atoms with Crippen LogP contribution in [0.3, 0.4) is 0 Å². The van der Waals surface area contributed by atoms with Crippen molar-refractivity contribution in [2.24, 2.45) is 0 Å². The molecule has 0 atom stereocenters. The molecule has 0 aliphatic heterocycles. The summed E-state index contributed by atoms with van der Waals surface area (Å²) in [6.07, 6.45) is 2.25. The Labute approximate surface area is 68.6 Å². The summed E-state index contributed by atoms with van der Waals surface area (Å²) in [5.41, 5.74) is 0. The van der Waals surface area contributed by atoms with E-state index in [-0.39, 0.29) is 0 Å². The molecule has 68 valence electrons. The maximum absolute atomic E-state index is 5.12. The summed E-state index contributed by atoms with van der Waals surface area (Å²) >= 11 is 0. The Morgan fingerprint density at radius 2 is 1.64 bits per heavy atom. The largest absolute Gasteiger partial charge is 0.356 e. The average Bonchev–Trinajstić information content (AvgIpc) is 2.03. The van der Waals surface area contributed by atoms with Gasteiger partial charge >= 0.3 is 0 Å². The van der Waals surface area contributed by atoms with Crippen LogP contribution in [0.1, 0.15) is 26.7 Å². The van der Waals surface area contributed by atoms with Crippen LogP contribution in [0, 0.1) is 0 Å². The lowest BCUT2D eigenvalue weighted by Gasteiger charge is -2.04. The van der Waals surface area contributed by atoms with Crippen molar-refractivity contribution >= 4 is 0 Å². The van der Waals surface area contributed by atoms with Gasteiger partial charge in [-0.25, -0.2) is 0 Å². The third kappa shape index (κ3) is 9.88. The average molecular weight is 162 g/mol. The van der Waals surface area contributed by atoms with Gasteiger partial charge in [0.15, 0.2) is 0 Å². The lowest BCUT2D eigenvalue weighted by Crippen LogP contribution is -2.04. The summed E-state index contributed by atoms with van der Waals surface area (Å²) in [5, 5.41) is 0. The predicted octanol–water partition coefficient (Wildman–Crippen LogP) is 1.77. The first-order valence-electron chi connectivity index (χ1n) is 4.15. The molecule has 0 bridgehead atoms. The molecule has 0 amide bonds. The van der Waals surface area contributed by atoms with Gasteiger partial charge in [-0.3, -0.25) is 0 Å². The Balaban J connectivity index is 2.69. The van der Waals surface area contributed by atoms with E-state index < -0.39 is 0 Å². The molecule has 0 N–H and O–H groups in total. The van der Waals surface area contributed by atoms with E-state index in [1.807, 2.05) is 6.92 Å². The van der Waals surface area contributed by atoms with E-state index in [1.54, 1.807) is 0 Å². The monoisotopic (exact) mass is 162 g/mol. The molecule has 0 spiro atoms. The summed E-state index contributed by atoms with van der Waals surface area (Å²) in [6, 6.07) is 0. The lowest BCUT2D eigenvalue weighted by molar-refractivity contribution is -0.129. The molecule has 0 unspecified atom stereocenters. The van der Waals surface area contributed by atoms with Gasteiger partial charge in [0.2, 0.25) is 0 Å². The summed E-state index contributed by atoms with van der Waals surface area (Å²) in [7, 11) is 0. The van der Waals surface area contributed by atoms with Crippen molar-refractivity contribution in [3.8, 4) is 0 Å². The predicted molar refractivity (Wildman–Crippen MR) is 43.3 cm³/mol. The first kappa shape index (κ1) is 10.9. The van der Waals surface area contributed by atoms with Gasteiger partial charge in [0.1, 0.15) is 13.6 Å². The molecule has 0 aromatic rings. The zero-order valence-corrected chi connectivity index (χ0v) is 7.47. The van der Waals surface area contributed by atoms with E-state index in [0.29, 0.717) is 20.2 Å². The van der Waals surface area contributed by atoms with Gasteiger partial charge < -0.3 is 14.2 Å². The van der Waals surface area contributed by atoms with Crippen LogP contribution in [-0.4, -0.2) is 26.8 Å². The molecule has 11 heavy (non-hydrogen) atoms. The number of hydrogen-bond acceptors (Lipinski definition) is 3. The second-order valence-corrected chi connectivity index (χ2v) is 2.19. The molecule has 3 nitrogen and oxygen atoms in total. The molecule has 0 fully saturated rings. The molecule has 0 saturated heterocycles. The maximum Gasteiger partial charge on any atom is 0.149 e. The van der Waals surface area contributed by atoms with Crippen molar-refractivity contribution in [2.45, 2.75) is 26.7 Å². The summed E-state index contributed by atoms with van der Waals surface area (Å²) in [5.74, 6) is 0. The van der Waals surface area contributed by atoms with Gasteiger partial charge in [-0.05, 0) is 13.3 Å². The zero-order valence-electron chi connectivity index (χ0n) is 7.47. The molecule has 0 radical (unpaired) electrons. The third-order valence-corrected chi connectivity index (χ3v) is 1.18. The zero-order chi connectivity index (χ0) is 8.36. The van der Waals surface area contributed by atoms with Crippen molar-refractivity contribution in [3.63, 3.8) is 0 Å². The van der Waals surface area contributed by atoms with Gasteiger partial charge in [0.05, 0.1) is 0 Å². The normalized spacial score (nSPS) is 10.4. The fourth-order valence-electron chi connectivity index (χ4n) is 0.541. The van der Waals surface area contributed by atoms with Crippen LogP contribution in [0.5, 0.6) is 0 Å². The summed E-state index contributed by atoms with van der Waals surface area (Å²) in [6.45, 7) is 6.21. The first-order valence-corrected chi connectivity index (χ1v) is 4.15. The van der Waals surface area contributed by atoms with Crippen LogP contribution >= 0.6 is 0 Å². The summed E-state index contributed by atoms with van der Waals surface area (Å²) < 4.78 is 15.0. The van der Waals surface area contributed by atoms with Crippen molar-refractivity contribution in [1.82, 2.24) is 0 Å².